The van der Waals surface area contributed by atoms with E-state index in [0.717, 1.165) is 18.4 Å². The van der Waals surface area contributed by atoms with Crippen LogP contribution in [0.25, 0.3) is 0 Å². The molecule has 0 bridgehead atoms. The Morgan fingerprint density at radius 2 is 1.35 bits per heavy atom. The van der Waals surface area contributed by atoms with Crippen LogP contribution < -0.4 is 0 Å². The SMILES string of the molecule is OC1CCCCC1N1CCCC1C1CCCC1. The molecule has 2 heteroatoms. The first-order valence-electron chi connectivity index (χ1n) is 7.80. The van der Waals surface area contributed by atoms with Crippen LogP contribution in [0.2, 0.25) is 0 Å². The summed E-state index contributed by atoms with van der Waals surface area (Å²) in [7, 11) is 0. The van der Waals surface area contributed by atoms with Crippen molar-refractivity contribution in [2.24, 2.45) is 5.92 Å². The average Bonchev–Trinajstić information content (AvgIpc) is 3.00. The highest BCUT2D eigenvalue weighted by Gasteiger charge is 2.39. The summed E-state index contributed by atoms with van der Waals surface area (Å²) >= 11 is 0. The van der Waals surface area contributed by atoms with Crippen molar-refractivity contribution in [2.45, 2.75) is 82.4 Å². The molecule has 0 radical (unpaired) electrons. The summed E-state index contributed by atoms with van der Waals surface area (Å²) in [6, 6.07) is 1.31. The Labute approximate surface area is 105 Å². The maximum Gasteiger partial charge on any atom is 0.0695 e. The molecule has 2 nitrogen and oxygen atoms in total. The van der Waals surface area contributed by atoms with Crippen molar-refractivity contribution in [2.75, 3.05) is 6.54 Å². The summed E-state index contributed by atoms with van der Waals surface area (Å²) in [4.78, 5) is 2.71. The molecular formula is C15H27NO. The quantitative estimate of drug-likeness (QED) is 0.798. The molecule has 3 unspecified atom stereocenters. The molecular weight excluding hydrogens is 210 g/mol. The number of nitrogens with zero attached hydrogens (tertiary/aromatic N) is 1. The van der Waals surface area contributed by atoms with E-state index < -0.39 is 0 Å². The van der Waals surface area contributed by atoms with Gasteiger partial charge in [-0.05, 0) is 51.0 Å². The summed E-state index contributed by atoms with van der Waals surface area (Å²) in [5.74, 6) is 0.951. The van der Waals surface area contributed by atoms with Crippen molar-refractivity contribution in [3.05, 3.63) is 0 Å². The molecule has 3 rings (SSSR count). The molecule has 98 valence electrons. The lowest BCUT2D eigenvalue weighted by molar-refractivity contribution is 0.00265. The highest BCUT2D eigenvalue weighted by Crippen LogP contribution is 2.38. The fraction of sp³-hybridized carbons (Fsp3) is 1.00. The van der Waals surface area contributed by atoms with Crippen molar-refractivity contribution >= 4 is 0 Å². The molecule has 3 fully saturated rings. The number of rotatable bonds is 2. The van der Waals surface area contributed by atoms with Crippen molar-refractivity contribution < 1.29 is 5.11 Å². The molecule has 17 heavy (non-hydrogen) atoms. The zero-order valence-corrected chi connectivity index (χ0v) is 11.0. The Kier molecular flexibility index (Phi) is 3.72. The third-order valence-electron chi connectivity index (χ3n) is 5.41. The van der Waals surface area contributed by atoms with Gasteiger partial charge < -0.3 is 5.11 Å². The summed E-state index contributed by atoms with van der Waals surface area (Å²) in [5.41, 5.74) is 0. The van der Waals surface area contributed by atoms with Gasteiger partial charge in [-0.15, -0.1) is 0 Å². The van der Waals surface area contributed by atoms with Crippen LogP contribution in [0.5, 0.6) is 0 Å². The molecule has 2 saturated carbocycles. The maximum absolute atomic E-state index is 10.2. The number of hydrogen-bond donors (Lipinski definition) is 1. The van der Waals surface area contributed by atoms with E-state index >= 15 is 0 Å². The van der Waals surface area contributed by atoms with E-state index in [-0.39, 0.29) is 6.10 Å². The van der Waals surface area contributed by atoms with Crippen LogP contribution in [0, 0.1) is 5.92 Å². The monoisotopic (exact) mass is 237 g/mol. The second-order valence-electron chi connectivity index (χ2n) is 6.41. The molecule has 3 atom stereocenters. The van der Waals surface area contributed by atoms with Gasteiger partial charge in [0.05, 0.1) is 6.10 Å². The van der Waals surface area contributed by atoms with E-state index in [1.807, 2.05) is 0 Å². The molecule has 0 aromatic carbocycles. The van der Waals surface area contributed by atoms with E-state index in [4.69, 9.17) is 0 Å². The minimum Gasteiger partial charge on any atom is -0.391 e. The molecule has 1 heterocycles. The van der Waals surface area contributed by atoms with Gasteiger partial charge in [-0.3, -0.25) is 4.90 Å². The summed E-state index contributed by atoms with van der Waals surface area (Å²) < 4.78 is 0. The van der Waals surface area contributed by atoms with E-state index in [1.165, 1.54) is 64.3 Å². The third kappa shape index (κ3) is 2.39. The van der Waals surface area contributed by atoms with Crippen LogP contribution in [-0.4, -0.2) is 34.7 Å². The standard InChI is InChI=1S/C15H27NO/c17-15-10-4-3-8-14(15)16-11-5-9-13(16)12-6-1-2-7-12/h12-15,17H,1-11H2. The molecule has 0 amide bonds. The van der Waals surface area contributed by atoms with Crippen LogP contribution in [0.3, 0.4) is 0 Å². The molecule has 2 aliphatic carbocycles. The zero-order chi connectivity index (χ0) is 11.7. The molecule has 0 aromatic heterocycles. The molecule has 0 spiro atoms. The second-order valence-corrected chi connectivity index (χ2v) is 6.41. The van der Waals surface area contributed by atoms with Gasteiger partial charge in [0.15, 0.2) is 0 Å². The number of aliphatic hydroxyl groups excluding tert-OH is 1. The highest BCUT2D eigenvalue weighted by molar-refractivity contribution is 4.94. The highest BCUT2D eigenvalue weighted by atomic mass is 16.3. The van der Waals surface area contributed by atoms with Crippen molar-refractivity contribution in [1.29, 1.82) is 0 Å². The van der Waals surface area contributed by atoms with Gasteiger partial charge >= 0.3 is 0 Å². The van der Waals surface area contributed by atoms with Crippen LogP contribution in [-0.2, 0) is 0 Å². The van der Waals surface area contributed by atoms with E-state index in [1.54, 1.807) is 0 Å². The predicted molar refractivity (Wildman–Crippen MR) is 69.9 cm³/mol. The van der Waals surface area contributed by atoms with Crippen LogP contribution in [0.1, 0.15) is 64.2 Å². The van der Waals surface area contributed by atoms with Crippen molar-refractivity contribution in [3.8, 4) is 0 Å². The predicted octanol–water partition coefficient (Wildman–Crippen LogP) is 2.94. The van der Waals surface area contributed by atoms with Crippen LogP contribution in [0.4, 0.5) is 0 Å². The van der Waals surface area contributed by atoms with Gasteiger partial charge in [0.1, 0.15) is 0 Å². The molecule has 3 aliphatic rings. The lowest BCUT2D eigenvalue weighted by Gasteiger charge is -2.40. The normalized spacial score (nSPS) is 41.1. The number of aliphatic hydroxyl groups is 1. The van der Waals surface area contributed by atoms with Gasteiger partial charge in [0, 0.05) is 12.1 Å². The minimum absolute atomic E-state index is 0.0363. The molecule has 1 saturated heterocycles. The Morgan fingerprint density at radius 1 is 0.706 bits per heavy atom. The average molecular weight is 237 g/mol. The summed E-state index contributed by atoms with van der Waals surface area (Å²) in [6.45, 7) is 1.25. The molecule has 0 aromatic rings. The fourth-order valence-electron chi connectivity index (χ4n) is 4.55. The molecule has 1 N–H and O–H groups in total. The van der Waals surface area contributed by atoms with Crippen LogP contribution >= 0.6 is 0 Å². The second kappa shape index (κ2) is 5.27. The van der Waals surface area contributed by atoms with Crippen molar-refractivity contribution in [3.63, 3.8) is 0 Å². The van der Waals surface area contributed by atoms with Gasteiger partial charge in [-0.2, -0.15) is 0 Å². The lowest BCUT2D eigenvalue weighted by atomic mass is 9.88. The Balaban J connectivity index is 1.67. The van der Waals surface area contributed by atoms with Gasteiger partial charge in [0.2, 0.25) is 0 Å². The van der Waals surface area contributed by atoms with E-state index in [9.17, 15) is 5.11 Å². The first-order valence-corrected chi connectivity index (χ1v) is 7.80. The summed E-state index contributed by atoms with van der Waals surface area (Å²) in [6.07, 6.45) is 13.4. The van der Waals surface area contributed by atoms with Crippen LogP contribution in [0.15, 0.2) is 0 Å². The van der Waals surface area contributed by atoms with Gasteiger partial charge in [-0.1, -0.05) is 25.7 Å². The topological polar surface area (TPSA) is 23.5 Å². The minimum atomic E-state index is -0.0363. The van der Waals surface area contributed by atoms with Gasteiger partial charge in [0.25, 0.3) is 0 Å². The number of hydrogen-bond acceptors (Lipinski definition) is 2. The number of likely N-dealkylation sites (tertiary alicyclic amines) is 1. The Morgan fingerprint density at radius 3 is 2.12 bits per heavy atom. The maximum atomic E-state index is 10.2. The first kappa shape index (κ1) is 12.0. The van der Waals surface area contributed by atoms with E-state index in [0.29, 0.717) is 6.04 Å². The zero-order valence-electron chi connectivity index (χ0n) is 11.0. The Bertz CT molecular complexity index is 249. The summed E-state index contributed by atoms with van der Waals surface area (Å²) in [5, 5.41) is 10.2. The van der Waals surface area contributed by atoms with Crippen molar-refractivity contribution in [1.82, 2.24) is 4.90 Å². The first-order chi connectivity index (χ1) is 8.36. The Hall–Kier alpha value is -0.0800. The largest absolute Gasteiger partial charge is 0.391 e. The molecule has 1 aliphatic heterocycles. The smallest absolute Gasteiger partial charge is 0.0695 e. The van der Waals surface area contributed by atoms with E-state index in [2.05, 4.69) is 4.90 Å². The fourth-order valence-corrected chi connectivity index (χ4v) is 4.55. The lowest BCUT2D eigenvalue weighted by Crippen LogP contribution is -2.49. The third-order valence-corrected chi connectivity index (χ3v) is 5.41. The van der Waals surface area contributed by atoms with Gasteiger partial charge in [-0.25, -0.2) is 0 Å².